The van der Waals surface area contributed by atoms with E-state index in [9.17, 15) is 19.2 Å². The van der Waals surface area contributed by atoms with E-state index in [1.54, 1.807) is 36.4 Å². The fourth-order valence-electron chi connectivity index (χ4n) is 1.16. The summed E-state index contributed by atoms with van der Waals surface area (Å²) in [5.74, 6) is -3.49. The first kappa shape index (κ1) is 21.9. The Balaban J connectivity index is 0.000000362. The van der Waals surface area contributed by atoms with E-state index in [0.717, 1.165) is 0 Å². The molecule has 0 aliphatic carbocycles. The number of nitrogens with zero attached hydrogens (tertiary/aromatic N) is 2. The van der Waals surface area contributed by atoms with E-state index >= 15 is 0 Å². The molecule has 0 atom stereocenters. The fraction of sp³-hybridized carbons (Fsp3) is 0. The second-order valence-corrected chi connectivity index (χ2v) is 4.17. The average molecular weight is 360 g/mol. The molecule has 0 radical (unpaired) electrons. The highest BCUT2D eigenvalue weighted by Crippen LogP contribution is 1.89. The van der Waals surface area contributed by atoms with Crippen LogP contribution < -0.4 is 11.5 Å². The summed E-state index contributed by atoms with van der Waals surface area (Å²) < 4.78 is 0. The normalized spacial score (nSPS) is 9.08. The van der Waals surface area contributed by atoms with E-state index in [1.807, 2.05) is 0 Å². The molecule has 2 amide bonds. The fourth-order valence-corrected chi connectivity index (χ4v) is 1.16. The van der Waals surface area contributed by atoms with Crippen LogP contribution in [0.15, 0.2) is 60.9 Å². The molecule has 0 bridgehead atoms. The molecule has 10 nitrogen and oxygen atoms in total. The highest BCUT2D eigenvalue weighted by molar-refractivity contribution is 5.91. The minimum Gasteiger partial charge on any atom is -0.478 e. The lowest BCUT2D eigenvalue weighted by atomic mass is 10.3. The van der Waals surface area contributed by atoms with Crippen LogP contribution in [0, 0.1) is 0 Å². The Morgan fingerprint density at radius 2 is 1.08 bits per heavy atom. The smallest absolute Gasteiger partial charge is 0.328 e. The molecule has 2 aromatic rings. The van der Waals surface area contributed by atoms with Crippen molar-refractivity contribution in [2.24, 2.45) is 11.5 Å². The third-order valence-electron chi connectivity index (χ3n) is 2.20. The van der Waals surface area contributed by atoms with Gasteiger partial charge in [-0.25, -0.2) is 9.59 Å². The third-order valence-corrected chi connectivity index (χ3v) is 2.20. The van der Waals surface area contributed by atoms with Gasteiger partial charge in [0, 0.05) is 24.5 Å². The topological polar surface area (TPSA) is 187 Å². The van der Waals surface area contributed by atoms with Gasteiger partial charge in [0.1, 0.15) is 11.4 Å². The molecule has 0 aromatic carbocycles. The molecule has 2 heterocycles. The first-order valence-electron chi connectivity index (χ1n) is 6.79. The van der Waals surface area contributed by atoms with E-state index in [2.05, 4.69) is 9.97 Å². The highest BCUT2D eigenvalue weighted by Gasteiger charge is 1.96. The lowest BCUT2D eigenvalue weighted by molar-refractivity contribution is -0.134. The molecule has 0 saturated carbocycles. The van der Waals surface area contributed by atoms with Crippen molar-refractivity contribution in [1.29, 1.82) is 0 Å². The quantitative estimate of drug-likeness (QED) is 0.551. The zero-order valence-corrected chi connectivity index (χ0v) is 13.4. The van der Waals surface area contributed by atoms with Crippen molar-refractivity contribution in [3.63, 3.8) is 0 Å². The largest absolute Gasteiger partial charge is 0.478 e. The maximum atomic E-state index is 10.4. The number of hydrogen-bond donors (Lipinski definition) is 4. The van der Waals surface area contributed by atoms with Crippen LogP contribution in [0.25, 0.3) is 0 Å². The Labute approximate surface area is 147 Å². The van der Waals surface area contributed by atoms with Crippen molar-refractivity contribution < 1.29 is 29.4 Å². The van der Waals surface area contributed by atoms with Gasteiger partial charge in [0.2, 0.25) is 0 Å². The molecular formula is C16H16N4O6. The van der Waals surface area contributed by atoms with Gasteiger partial charge in [-0.3, -0.25) is 19.6 Å². The summed E-state index contributed by atoms with van der Waals surface area (Å²) in [5.41, 5.74) is 10.4. The molecule has 6 N–H and O–H groups in total. The lowest BCUT2D eigenvalue weighted by Gasteiger charge is -1.88. The Morgan fingerprint density at radius 3 is 1.23 bits per heavy atom. The maximum Gasteiger partial charge on any atom is 0.328 e. The molecule has 136 valence electrons. The summed E-state index contributed by atoms with van der Waals surface area (Å²) in [6.07, 6.45) is 4.17. The average Bonchev–Trinajstić information content (AvgIpc) is 2.62. The zero-order valence-electron chi connectivity index (χ0n) is 13.4. The number of carboxylic acids is 2. The Bertz CT molecular complexity index is 697. The van der Waals surface area contributed by atoms with Crippen LogP contribution in [0.5, 0.6) is 0 Å². The molecule has 0 aliphatic rings. The number of rotatable bonds is 4. The predicted molar refractivity (Wildman–Crippen MR) is 89.9 cm³/mol. The molecule has 2 aromatic heterocycles. The van der Waals surface area contributed by atoms with E-state index in [4.69, 9.17) is 21.7 Å². The summed E-state index contributed by atoms with van der Waals surface area (Å²) in [4.78, 5) is 47.2. The number of aliphatic carboxylic acids is 2. The molecule has 0 unspecified atom stereocenters. The SMILES string of the molecule is NC(=O)c1ccccn1.NC(=O)c1ccccn1.O=C(O)/C=C/C(=O)O. The van der Waals surface area contributed by atoms with Gasteiger partial charge in [0.15, 0.2) is 0 Å². The molecule has 0 spiro atoms. The number of amides is 2. The van der Waals surface area contributed by atoms with Crippen molar-refractivity contribution in [2.75, 3.05) is 0 Å². The number of carbonyl (C=O) groups is 4. The van der Waals surface area contributed by atoms with Crippen LogP contribution in [0.2, 0.25) is 0 Å². The van der Waals surface area contributed by atoms with E-state index in [0.29, 0.717) is 23.5 Å². The van der Waals surface area contributed by atoms with Crippen LogP contribution in [0.3, 0.4) is 0 Å². The second kappa shape index (κ2) is 12.4. The Kier molecular flexibility index (Phi) is 10.4. The molecule has 2 rings (SSSR count). The van der Waals surface area contributed by atoms with Gasteiger partial charge in [0.05, 0.1) is 0 Å². The number of hydrogen-bond acceptors (Lipinski definition) is 6. The van der Waals surface area contributed by atoms with Crippen molar-refractivity contribution in [2.45, 2.75) is 0 Å². The third kappa shape index (κ3) is 11.5. The van der Waals surface area contributed by atoms with Gasteiger partial charge in [-0.05, 0) is 24.3 Å². The number of pyridine rings is 2. The summed E-state index contributed by atoms with van der Waals surface area (Å²) in [6.45, 7) is 0. The van der Waals surface area contributed by atoms with Gasteiger partial charge in [-0.2, -0.15) is 0 Å². The van der Waals surface area contributed by atoms with Gasteiger partial charge < -0.3 is 21.7 Å². The lowest BCUT2D eigenvalue weighted by Crippen LogP contribution is -2.12. The number of carboxylic acid groups (broad SMARTS) is 2. The number of primary amides is 2. The molecule has 0 saturated heterocycles. The molecule has 0 fully saturated rings. The van der Waals surface area contributed by atoms with E-state index in [1.165, 1.54) is 12.4 Å². The Hall–Kier alpha value is -4.08. The zero-order chi connectivity index (χ0) is 19.9. The number of aromatic nitrogens is 2. The predicted octanol–water partition coefficient (Wildman–Crippen LogP) is 0.0728. The number of nitrogens with two attached hydrogens (primary N) is 2. The van der Waals surface area contributed by atoms with Crippen LogP contribution in [0.4, 0.5) is 0 Å². The Morgan fingerprint density at radius 1 is 0.731 bits per heavy atom. The van der Waals surface area contributed by atoms with Crippen LogP contribution in [0.1, 0.15) is 21.0 Å². The van der Waals surface area contributed by atoms with Crippen molar-refractivity contribution >= 4 is 23.8 Å². The summed E-state index contributed by atoms with van der Waals surface area (Å²) in [7, 11) is 0. The van der Waals surface area contributed by atoms with Gasteiger partial charge in [0.25, 0.3) is 11.8 Å². The molecule has 0 aliphatic heterocycles. The standard InChI is InChI=1S/2C6H6N2O.C4H4O4/c2*7-6(9)5-3-1-2-4-8-5;5-3(6)1-2-4(7)8/h2*1-4H,(H2,7,9);1-2H,(H,5,6)(H,7,8)/b;;2-1+. The van der Waals surface area contributed by atoms with Crippen molar-refractivity contribution in [3.8, 4) is 0 Å². The van der Waals surface area contributed by atoms with E-state index in [-0.39, 0.29) is 0 Å². The first-order valence-corrected chi connectivity index (χ1v) is 6.79. The highest BCUT2D eigenvalue weighted by atomic mass is 16.4. The van der Waals surface area contributed by atoms with Crippen LogP contribution in [-0.4, -0.2) is 43.9 Å². The van der Waals surface area contributed by atoms with Crippen LogP contribution >= 0.6 is 0 Å². The van der Waals surface area contributed by atoms with Crippen LogP contribution in [-0.2, 0) is 9.59 Å². The van der Waals surface area contributed by atoms with Gasteiger partial charge >= 0.3 is 11.9 Å². The number of carbonyl (C=O) groups excluding carboxylic acids is 2. The summed E-state index contributed by atoms with van der Waals surface area (Å²) in [5, 5.41) is 15.6. The van der Waals surface area contributed by atoms with Crippen molar-refractivity contribution in [3.05, 3.63) is 72.3 Å². The first-order chi connectivity index (χ1) is 12.2. The maximum absolute atomic E-state index is 10.4. The summed E-state index contributed by atoms with van der Waals surface area (Å²) >= 11 is 0. The monoisotopic (exact) mass is 360 g/mol. The summed E-state index contributed by atoms with van der Waals surface area (Å²) in [6, 6.07) is 10.0. The minimum absolute atomic E-state index is 0.303. The van der Waals surface area contributed by atoms with Gasteiger partial charge in [-0.1, -0.05) is 12.1 Å². The second-order valence-electron chi connectivity index (χ2n) is 4.17. The van der Waals surface area contributed by atoms with E-state index < -0.39 is 23.8 Å². The van der Waals surface area contributed by atoms with Crippen molar-refractivity contribution in [1.82, 2.24) is 9.97 Å². The molecule has 10 heteroatoms. The molecular weight excluding hydrogens is 344 g/mol. The minimum atomic E-state index is -1.26. The van der Waals surface area contributed by atoms with Gasteiger partial charge in [-0.15, -0.1) is 0 Å². The molecule has 26 heavy (non-hydrogen) atoms.